The van der Waals surface area contributed by atoms with Crippen molar-refractivity contribution < 1.29 is 0 Å². The highest BCUT2D eigenvalue weighted by Crippen LogP contribution is 2.37. The van der Waals surface area contributed by atoms with Gasteiger partial charge >= 0.3 is 0 Å². The Bertz CT molecular complexity index is 472. The van der Waals surface area contributed by atoms with E-state index in [9.17, 15) is 0 Å². The number of aryl methyl sites for hydroxylation is 1. The van der Waals surface area contributed by atoms with E-state index < -0.39 is 0 Å². The summed E-state index contributed by atoms with van der Waals surface area (Å²) >= 11 is 8.75. The van der Waals surface area contributed by atoms with E-state index in [4.69, 9.17) is 0 Å². The summed E-state index contributed by atoms with van der Waals surface area (Å²) in [5, 5.41) is 7.51. The minimum atomic E-state index is 0.181. The Morgan fingerprint density at radius 2 is 2.25 bits per heavy atom. The molecule has 0 aliphatic heterocycles. The van der Waals surface area contributed by atoms with Crippen LogP contribution in [-0.4, -0.2) is 16.8 Å². The smallest absolute Gasteiger partial charge is 0.0843 e. The fourth-order valence-electron chi connectivity index (χ4n) is 1.61. The van der Waals surface area contributed by atoms with Gasteiger partial charge in [0.1, 0.15) is 0 Å². The molecule has 0 amide bonds. The van der Waals surface area contributed by atoms with Gasteiger partial charge in [-0.25, -0.2) is 0 Å². The molecule has 0 radical (unpaired) electrons. The van der Waals surface area contributed by atoms with E-state index in [0.29, 0.717) is 0 Å². The van der Waals surface area contributed by atoms with Crippen LogP contribution >= 0.6 is 43.2 Å². The zero-order valence-electron chi connectivity index (χ0n) is 8.87. The van der Waals surface area contributed by atoms with Crippen molar-refractivity contribution in [2.45, 2.75) is 6.04 Å². The molecule has 6 heteroatoms. The second-order valence-corrected chi connectivity index (χ2v) is 6.63. The van der Waals surface area contributed by atoms with Crippen molar-refractivity contribution in [3.63, 3.8) is 0 Å². The molecule has 2 aromatic rings. The molecular formula is C10H11Br2N3S. The van der Waals surface area contributed by atoms with E-state index in [0.717, 1.165) is 14.0 Å². The maximum absolute atomic E-state index is 4.20. The molecule has 0 aromatic carbocycles. The van der Waals surface area contributed by atoms with E-state index in [1.807, 2.05) is 31.0 Å². The molecule has 0 fully saturated rings. The maximum Gasteiger partial charge on any atom is 0.0843 e. The van der Waals surface area contributed by atoms with Gasteiger partial charge in [-0.2, -0.15) is 5.10 Å². The van der Waals surface area contributed by atoms with Crippen LogP contribution in [-0.2, 0) is 7.05 Å². The number of thiophene rings is 1. The molecule has 0 aliphatic rings. The molecule has 2 heterocycles. The number of hydrogen-bond acceptors (Lipinski definition) is 3. The number of nitrogens with one attached hydrogen (secondary N) is 1. The molecule has 1 N–H and O–H groups in total. The molecule has 16 heavy (non-hydrogen) atoms. The first-order valence-corrected chi connectivity index (χ1v) is 7.13. The van der Waals surface area contributed by atoms with E-state index >= 15 is 0 Å². The van der Waals surface area contributed by atoms with Gasteiger partial charge in [0.25, 0.3) is 0 Å². The second kappa shape index (κ2) is 5.00. The van der Waals surface area contributed by atoms with E-state index in [-0.39, 0.29) is 6.04 Å². The predicted octanol–water partition coefficient (Wildman–Crippen LogP) is 3.32. The molecule has 1 unspecified atom stereocenters. The fraction of sp³-hybridized carbons (Fsp3) is 0.300. The van der Waals surface area contributed by atoms with Crippen molar-refractivity contribution in [2.75, 3.05) is 7.05 Å². The molecule has 0 bridgehead atoms. The summed E-state index contributed by atoms with van der Waals surface area (Å²) in [6, 6.07) is 4.34. The molecule has 0 saturated carbocycles. The Labute approximate surface area is 115 Å². The van der Waals surface area contributed by atoms with Crippen molar-refractivity contribution in [3.05, 3.63) is 37.2 Å². The first kappa shape index (κ1) is 12.3. The molecule has 3 nitrogen and oxygen atoms in total. The Morgan fingerprint density at radius 1 is 1.50 bits per heavy atom. The maximum atomic E-state index is 4.20. The molecule has 2 aromatic heterocycles. The highest BCUT2D eigenvalue weighted by atomic mass is 79.9. The topological polar surface area (TPSA) is 29.9 Å². The normalized spacial score (nSPS) is 13.0. The van der Waals surface area contributed by atoms with Gasteiger partial charge in [-0.05, 0) is 51.0 Å². The van der Waals surface area contributed by atoms with Gasteiger partial charge in [0.15, 0.2) is 0 Å². The summed E-state index contributed by atoms with van der Waals surface area (Å²) in [4.78, 5) is 1.25. The highest BCUT2D eigenvalue weighted by molar-refractivity contribution is 9.13. The van der Waals surface area contributed by atoms with Crippen LogP contribution in [0.3, 0.4) is 0 Å². The number of rotatable bonds is 3. The van der Waals surface area contributed by atoms with Gasteiger partial charge in [0, 0.05) is 22.6 Å². The van der Waals surface area contributed by atoms with Crippen LogP contribution in [0, 0.1) is 0 Å². The van der Waals surface area contributed by atoms with E-state index in [1.54, 1.807) is 11.3 Å². The lowest BCUT2D eigenvalue weighted by Gasteiger charge is -2.14. The van der Waals surface area contributed by atoms with Crippen molar-refractivity contribution in [3.8, 4) is 0 Å². The molecular weight excluding hydrogens is 354 g/mol. The van der Waals surface area contributed by atoms with Crippen LogP contribution in [0.2, 0.25) is 0 Å². The number of halogens is 2. The molecule has 1 atom stereocenters. The lowest BCUT2D eigenvalue weighted by molar-refractivity contribution is 0.613. The molecule has 0 aliphatic carbocycles. The summed E-state index contributed by atoms with van der Waals surface area (Å²) in [5.74, 6) is 0. The average Bonchev–Trinajstić information content (AvgIpc) is 2.78. The first-order chi connectivity index (χ1) is 7.63. The summed E-state index contributed by atoms with van der Waals surface area (Å²) < 4.78 is 4.10. The average molecular weight is 365 g/mol. The Morgan fingerprint density at radius 3 is 2.69 bits per heavy atom. The van der Waals surface area contributed by atoms with Crippen LogP contribution in [0.25, 0.3) is 0 Å². The summed E-state index contributed by atoms with van der Waals surface area (Å²) in [6.07, 6.45) is 1.82. The number of aromatic nitrogens is 2. The summed E-state index contributed by atoms with van der Waals surface area (Å²) in [7, 11) is 3.91. The first-order valence-electron chi connectivity index (χ1n) is 4.73. The Kier molecular flexibility index (Phi) is 3.84. The molecule has 2 rings (SSSR count). The summed E-state index contributed by atoms with van der Waals surface area (Å²) in [6.45, 7) is 0. The third-order valence-electron chi connectivity index (χ3n) is 2.39. The minimum absolute atomic E-state index is 0.181. The second-order valence-electron chi connectivity index (χ2n) is 3.37. The lowest BCUT2D eigenvalue weighted by atomic mass is 10.2. The SMILES string of the molecule is CNC(c1cc(Br)c(Br)s1)c1ccnn1C. The van der Waals surface area contributed by atoms with Crippen LogP contribution in [0.4, 0.5) is 0 Å². The van der Waals surface area contributed by atoms with Gasteiger partial charge in [0.2, 0.25) is 0 Å². The van der Waals surface area contributed by atoms with Crippen LogP contribution in [0.15, 0.2) is 26.6 Å². The monoisotopic (exact) mass is 363 g/mol. The van der Waals surface area contributed by atoms with Crippen LogP contribution in [0.5, 0.6) is 0 Å². The third-order valence-corrected chi connectivity index (χ3v) is 5.71. The minimum Gasteiger partial charge on any atom is -0.307 e. The van der Waals surface area contributed by atoms with Gasteiger partial charge in [-0.15, -0.1) is 11.3 Å². The van der Waals surface area contributed by atoms with E-state index in [1.165, 1.54) is 4.88 Å². The number of nitrogens with zero attached hydrogens (tertiary/aromatic N) is 2. The third kappa shape index (κ3) is 2.25. The van der Waals surface area contributed by atoms with Gasteiger partial charge < -0.3 is 5.32 Å². The van der Waals surface area contributed by atoms with Gasteiger partial charge in [0.05, 0.1) is 15.5 Å². The molecule has 0 saturated heterocycles. The quantitative estimate of drug-likeness (QED) is 0.905. The molecule has 86 valence electrons. The van der Waals surface area contributed by atoms with Gasteiger partial charge in [-0.1, -0.05) is 0 Å². The largest absolute Gasteiger partial charge is 0.307 e. The lowest BCUT2D eigenvalue weighted by Crippen LogP contribution is -2.19. The fourth-order valence-corrected chi connectivity index (χ4v) is 3.82. The standard InChI is InChI=1S/C10H11Br2N3S/c1-13-9(7-3-4-14-15(7)2)8-5-6(11)10(12)16-8/h3-5,9,13H,1-2H3. The molecule has 0 spiro atoms. The van der Waals surface area contributed by atoms with Crippen LogP contribution < -0.4 is 5.32 Å². The van der Waals surface area contributed by atoms with Crippen LogP contribution in [0.1, 0.15) is 16.6 Å². The van der Waals surface area contributed by atoms with Crippen molar-refractivity contribution in [2.24, 2.45) is 7.05 Å². The number of hydrogen-bond donors (Lipinski definition) is 1. The van der Waals surface area contributed by atoms with Crippen molar-refractivity contribution in [1.82, 2.24) is 15.1 Å². The van der Waals surface area contributed by atoms with Gasteiger partial charge in [-0.3, -0.25) is 4.68 Å². The Hall–Kier alpha value is -0.170. The Balaban J connectivity index is 2.40. The highest BCUT2D eigenvalue weighted by Gasteiger charge is 2.18. The van der Waals surface area contributed by atoms with Crippen molar-refractivity contribution in [1.29, 1.82) is 0 Å². The zero-order valence-corrected chi connectivity index (χ0v) is 12.9. The van der Waals surface area contributed by atoms with Crippen molar-refractivity contribution >= 4 is 43.2 Å². The van der Waals surface area contributed by atoms with E-state index in [2.05, 4.69) is 48.3 Å². The predicted molar refractivity (Wildman–Crippen MR) is 73.8 cm³/mol. The zero-order chi connectivity index (χ0) is 11.7. The summed E-state index contributed by atoms with van der Waals surface area (Å²) in [5.41, 5.74) is 1.16.